The fourth-order valence-corrected chi connectivity index (χ4v) is 2.02. The Morgan fingerprint density at radius 3 is 2.74 bits per heavy atom. The Hall–Kier alpha value is -1.82. The molecule has 1 rings (SSSR count). The summed E-state index contributed by atoms with van der Waals surface area (Å²) in [7, 11) is 1.98. The van der Waals surface area contributed by atoms with Crippen LogP contribution in [0.25, 0.3) is 0 Å². The number of nitrogens with zero attached hydrogens (tertiary/aromatic N) is 2. The van der Waals surface area contributed by atoms with Gasteiger partial charge in [0.15, 0.2) is 5.84 Å². The minimum atomic E-state index is -0.753. The molecule has 0 saturated heterocycles. The van der Waals surface area contributed by atoms with Crippen molar-refractivity contribution in [1.29, 1.82) is 0 Å². The van der Waals surface area contributed by atoms with Crippen LogP contribution in [0.5, 0.6) is 0 Å². The first-order valence-corrected chi connectivity index (χ1v) is 6.29. The predicted octanol–water partition coefficient (Wildman–Crippen LogP) is 1.18. The van der Waals surface area contributed by atoms with Gasteiger partial charge in [0.25, 0.3) is 0 Å². The van der Waals surface area contributed by atoms with E-state index in [1.54, 1.807) is 0 Å². The SMILES string of the molecule is CN(CCCC(=O)O)CC1=CC=C(C(N)=NO)CC1. The average Bonchev–Trinajstić information content (AvgIpc) is 2.38. The molecule has 19 heavy (non-hydrogen) atoms. The zero-order valence-electron chi connectivity index (χ0n) is 11.2. The van der Waals surface area contributed by atoms with Crippen LogP contribution in [0.2, 0.25) is 0 Å². The number of hydrogen-bond donors (Lipinski definition) is 3. The molecule has 0 unspecified atom stereocenters. The number of likely N-dealkylation sites (N-methyl/N-ethyl adjacent to an activating group) is 1. The number of amidine groups is 1. The molecule has 6 heteroatoms. The lowest BCUT2D eigenvalue weighted by molar-refractivity contribution is -0.137. The van der Waals surface area contributed by atoms with Gasteiger partial charge < -0.3 is 20.9 Å². The van der Waals surface area contributed by atoms with Crippen molar-refractivity contribution in [2.45, 2.75) is 25.7 Å². The topological polar surface area (TPSA) is 99.2 Å². The molecule has 0 aromatic rings. The normalized spacial score (nSPS) is 16.2. The molecule has 0 spiro atoms. The van der Waals surface area contributed by atoms with Crippen molar-refractivity contribution in [2.75, 3.05) is 20.1 Å². The Labute approximate surface area is 112 Å². The lowest BCUT2D eigenvalue weighted by atomic mass is 9.97. The average molecular weight is 267 g/mol. The Morgan fingerprint density at radius 1 is 1.47 bits per heavy atom. The van der Waals surface area contributed by atoms with Crippen molar-refractivity contribution in [3.8, 4) is 0 Å². The van der Waals surface area contributed by atoms with Crippen LogP contribution < -0.4 is 5.73 Å². The van der Waals surface area contributed by atoms with Gasteiger partial charge in [-0.05, 0) is 38.4 Å². The van der Waals surface area contributed by atoms with Crippen LogP contribution >= 0.6 is 0 Å². The summed E-state index contributed by atoms with van der Waals surface area (Å²) in [5.41, 5.74) is 7.64. The molecule has 1 aliphatic carbocycles. The molecule has 0 atom stereocenters. The molecule has 0 saturated carbocycles. The van der Waals surface area contributed by atoms with Crippen molar-refractivity contribution >= 4 is 11.8 Å². The summed E-state index contributed by atoms with van der Waals surface area (Å²) >= 11 is 0. The standard InChI is InChI=1S/C13H21N3O3/c1-16(8-2-3-12(17)18)9-10-4-6-11(7-5-10)13(14)15-19/h4,6,19H,2-3,5,7-9H2,1H3,(H2,14,15)(H,17,18). The summed E-state index contributed by atoms with van der Waals surface area (Å²) in [5, 5.41) is 20.1. The Kier molecular flexibility index (Phi) is 6.08. The van der Waals surface area contributed by atoms with E-state index in [-0.39, 0.29) is 12.3 Å². The van der Waals surface area contributed by atoms with Crippen molar-refractivity contribution in [1.82, 2.24) is 4.90 Å². The van der Waals surface area contributed by atoms with Crippen molar-refractivity contribution in [3.63, 3.8) is 0 Å². The second kappa shape index (κ2) is 7.58. The zero-order valence-corrected chi connectivity index (χ0v) is 11.2. The summed E-state index contributed by atoms with van der Waals surface area (Å²) in [6.07, 6.45) is 6.38. The highest BCUT2D eigenvalue weighted by Gasteiger charge is 2.11. The Balaban J connectivity index is 2.40. The fraction of sp³-hybridized carbons (Fsp3) is 0.538. The third-order valence-electron chi connectivity index (χ3n) is 3.08. The molecule has 0 heterocycles. The van der Waals surface area contributed by atoms with E-state index >= 15 is 0 Å². The molecular weight excluding hydrogens is 246 g/mol. The lowest BCUT2D eigenvalue weighted by Gasteiger charge is -2.20. The maximum atomic E-state index is 10.4. The van der Waals surface area contributed by atoms with Gasteiger partial charge in [0, 0.05) is 13.0 Å². The number of hydrogen-bond acceptors (Lipinski definition) is 4. The number of rotatable bonds is 7. The van der Waals surface area contributed by atoms with Gasteiger partial charge in [-0.3, -0.25) is 4.79 Å². The smallest absolute Gasteiger partial charge is 0.303 e. The van der Waals surface area contributed by atoms with E-state index in [4.69, 9.17) is 16.0 Å². The van der Waals surface area contributed by atoms with Crippen LogP contribution in [0.1, 0.15) is 25.7 Å². The molecule has 1 aliphatic rings. The molecule has 106 valence electrons. The summed E-state index contributed by atoms with van der Waals surface area (Å²) in [6.45, 7) is 1.58. The van der Waals surface area contributed by atoms with Gasteiger partial charge in [0.1, 0.15) is 0 Å². The van der Waals surface area contributed by atoms with Gasteiger partial charge in [-0.2, -0.15) is 0 Å². The van der Waals surface area contributed by atoms with Crippen LogP contribution in [-0.4, -0.2) is 47.2 Å². The fourth-order valence-electron chi connectivity index (χ4n) is 2.02. The molecule has 0 aromatic heterocycles. The number of allylic oxidation sites excluding steroid dienone is 2. The predicted molar refractivity (Wildman–Crippen MR) is 73.2 cm³/mol. The molecule has 0 bridgehead atoms. The van der Waals surface area contributed by atoms with Gasteiger partial charge in [0.2, 0.25) is 0 Å². The Bertz CT molecular complexity index is 413. The summed E-state index contributed by atoms with van der Waals surface area (Å²) in [4.78, 5) is 12.5. The van der Waals surface area contributed by atoms with Crippen molar-refractivity contribution < 1.29 is 15.1 Å². The maximum Gasteiger partial charge on any atom is 0.303 e. The van der Waals surface area contributed by atoms with E-state index in [9.17, 15) is 4.79 Å². The van der Waals surface area contributed by atoms with Crippen LogP contribution in [-0.2, 0) is 4.79 Å². The highest BCUT2D eigenvalue weighted by molar-refractivity contribution is 5.97. The highest BCUT2D eigenvalue weighted by atomic mass is 16.4. The maximum absolute atomic E-state index is 10.4. The first-order valence-electron chi connectivity index (χ1n) is 6.29. The van der Waals surface area contributed by atoms with Gasteiger partial charge >= 0.3 is 5.97 Å². The zero-order chi connectivity index (χ0) is 14.3. The van der Waals surface area contributed by atoms with Gasteiger partial charge in [-0.15, -0.1) is 0 Å². The third-order valence-corrected chi connectivity index (χ3v) is 3.08. The molecule has 6 nitrogen and oxygen atoms in total. The number of carbonyl (C=O) groups is 1. The minimum Gasteiger partial charge on any atom is -0.481 e. The van der Waals surface area contributed by atoms with Crippen LogP contribution in [0, 0.1) is 0 Å². The van der Waals surface area contributed by atoms with Crippen LogP contribution in [0.15, 0.2) is 28.5 Å². The van der Waals surface area contributed by atoms with Crippen molar-refractivity contribution in [2.24, 2.45) is 10.9 Å². The van der Waals surface area contributed by atoms with E-state index in [0.29, 0.717) is 6.42 Å². The van der Waals surface area contributed by atoms with Crippen LogP contribution in [0.3, 0.4) is 0 Å². The molecule has 4 N–H and O–H groups in total. The third kappa shape index (κ3) is 5.56. The van der Waals surface area contributed by atoms with E-state index in [0.717, 1.165) is 31.5 Å². The molecular formula is C13H21N3O3. The summed E-state index contributed by atoms with van der Waals surface area (Å²) < 4.78 is 0. The quantitative estimate of drug-likeness (QED) is 0.278. The lowest BCUT2D eigenvalue weighted by Crippen LogP contribution is -2.24. The second-order valence-electron chi connectivity index (χ2n) is 4.74. The minimum absolute atomic E-state index is 0.171. The van der Waals surface area contributed by atoms with E-state index in [1.807, 2.05) is 19.2 Å². The van der Waals surface area contributed by atoms with Gasteiger partial charge in [-0.1, -0.05) is 22.9 Å². The first kappa shape index (κ1) is 15.2. The first-order chi connectivity index (χ1) is 9.02. The number of aliphatic carboxylic acids is 1. The van der Waals surface area contributed by atoms with E-state index < -0.39 is 5.97 Å². The molecule has 0 aliphatic heterocycles. The summed E-state index contributed by atoms with van der Waals surface area (Å²) in [6, 6.07) is 0. The Morgan fingerprint density at radius 2 is 2.21 bits per heavy atom. The van der Waals surface area contributed by atoms with Crippen LogP contribution in [0.4, 0.5) is 0 Å². The molecule has 0 radical (unpaired) electrons. The number of carboxylic acid groups (broad SMARTS) is 1. The number of carboxylic acids is 1. The van der Waals surface area contributed by atoms with Gasteiger partial charge in [-0.25, -0.2) is 0 Å². The largest absolute Gasteiger partial charge is 0.481 e. The second-order valence-corrected chi connectivity index (χ2v) is 4.74. The number of nitrogens with two attached hydrogens (primary N) is 1. The molecule has 0 fully saturated rings. The van der Waals surface area contributed by atoms with Gasteiger partial charge in [0.05, 0.1) is 0 Å². The summed E-state index contributed by atoms with van der Waals surface area (Å²) in [5.74, 6) is -0.582. The van der Waals surface area contributed by atoms with E-state index in [2.05, 4.69) is 10.1 Å². The van der Waals surface area contributed by atoms with Crippen molar-refractivity contribution in [3.05, 3.63) is 23.3 Å². The molecule has 0 amide bonds. The monoisotopic (exact) mass is 267 g/mol. The number of oxime groups is 1. The van der Waals surface area contributed by atoms with E-state index in [1.165, 1.54) is 5.57 Å². The highest BCUT2D eigenvalue weighted by Crippen LogP contribution is 2.19. The molecule has 0 aromatic carbocycles.